The van der Waals surface area contributed by atoms with E-state index in [0.29, 0.717) is 5.75 Å². The molecule has 21 heavy (non-hydrogen) atoms. The lowest BCUT2D eigenvalue weighted by Gasteiger charge is -2.35. The van der Waals surface area contributed by atoms with E-state index in [9.17, 15) is 10.2 Å². The Balaban J connectivity index is 2.04. The van der Waals surface area contributed by atoms with Crippen molar-refractivity contribution in [2.24, 2.45) is 0 Å². The van der Waals surface area contributed by atoms with E-state index in [1.54, 1.807) is 6.07 Å². The number of hydrogen-bond acceptors (Lipinski definition) is 4. The van der Waals surface area contributed by atoms with Crippen LogP contribution >= 0.6 is 0 Å². The SMILES string of the molecule is OCC[C@H](c1ccc(O)c2ccccc12)N1CCNCC1. The molecule has 1 atom stereocenters. The molecule has 1 heterocycles. The van der Waals surface area contributed by atoms with Crippen LogP contribution in [0.2, 0.25) is 0 Å². The number of aliphatic hydroxyl groups is 1. The molecule has 0 radical (unpaired) electrons. The van der Waals surface area contributed by atoms with E-state index in [0.717, 1.165) is 43.4 Å². The Morgan fingerprint density at radius 1 is 1.05 bits per heavy atom. The predicted molar refractivity (Wildman–Crippen MR) is 84.5 cm³/mol. The Labute approximate surface area is 125 Å². The normalized spacial score (nSPS) is 18.0. The summed E-state index contributed by atoms with van der Waals surface area (Å²) >= 11 is 0. The van der Waals surface area contributed by atoms with Crippen LogP contribution in [0.3, 0.4) is 0 Å². The molecule has 0 spiro atoms. The number of piperazine rings is 1. The van der Waals surface area contributed by atoms with E-state index in [1.165, 1.54) is 5.56 Å². The summed E-state index contributed by atoms with van der Waals surface area (Å²) in [5, 5.41) is 24.8. The topological polar surface area (TPSA) is 55.7 Å². The lowest BCUT2D eigenvalue weighted by molar-refractivity contribution is 0.142. The molecular formula is C17H22N2O2. The van der Waals surface area contributed by atoms with Crippen LogP contribution in [0.15, 0.2) is 36.4 Å². The quantitative estimate of drug-likeness (QED) is 0.803. The summed E-state index contributed by atoms with van der Waals surface area (Å²) in [5.74, 6) is 0.317. The molecule has 0 amide bonds. The van der Waals surface area contributed by atoms with E-state index in [4.69, 9.17) is 0 Å². The summed E-state index contributed by atoms with van der Waals surface area (Å²) in [6.45, 7) is 4.11. The second-order valence-electron chi connectivity index (χ2n) is 5.53. The molecule has 1 fully saturated rings. The van der Waals surface area contributed by atoms with Gasteiger partial charge >= 0.3 is 0 Å². The highest BCUT2D eigenvalue weighted by molar-refractivity contribution is 5.91. The van der Waals surface area contributed by atoms with Crippen molar-refractivity contribution >= 4 is 10.8 Å². The molecule has 112 valence electrons. The number of aromatic hydroxyl groups is 1. The fraction of sp³-hybridized carbons (Fsp3) is 0.412. The molecular weight excluding hydrogens is 264 g/mol. The first-order valence-corrected chi connectivity index (χ1v) is 7.57. The lowest BCUT2D eigenvalue weighted by atomic mass is 9.95. The maximum absolute atomic E-state index is 10.0. The average Bonchev–Trinajstić information content (AvgIpc) is 2.55. The fourth-order valence-electron chi connectivity index (χ4n) is 3.25. The van der Waals surface area contributed by atoms with Gasteiger partial charge in [0.15, 0.2) is 0 Å². The molecule has 1 aliphatic rings. The standard InChI is InChI=1S/C17H22N2O2/c20-12-7-16(19-10-8-18-9-11-19)14-5-6-17(21)15-4-2-1-3-13(14)15/h1-6,16,18,20-21H,7-12H2/t16-/m1/s1. The van der Waals surface area contributed by atoms with E-state index in [-0.39, 0.29) is 12.6 Å². The van der Waals surface area contributed by atoms with Crippen LogP contribution in [-0.2, 0) is 0 Å². The van der Waals surface area contributed by atoms with Crippen LogP contribution in [0.4, 0.5) is 0 Å². The van der Waals surface area contributed by atoms with Gasteiger partial charge in [-0.2, -0.15) is 0 Å². The van der Waals surface area contributed by atoms with Gasteiger partial charge in [0, 0.05) is 44.2 Å². The van der Waals surface area contributed by atoms with Crippen molar-refractivity contribution in [2.45, 2.75) is 12.5 Å². The highest BCUT2D eigenvalue weighted by Gasteiger charge is 2.23. The Kier molecular flexibility index (Phi) is 4.39. The molecule has 3 rings (SSSR count). The number of benzene rings is 2. The van der Waals surface area contributed by atoms with E-state index < -0.39 is 0 Å². The Bertz CT molecular complexity index is 609. The molecule has 2 aromatic rings. The van der Waals surface area contributed by atoms with Gasteiger partial charge in [0.1, 0.15) is 5.75 Å². The van der Waals surface area contributed by atoms with Crippen LogP contribution in [0.1, 0.15) is 18.0 Å². The summed E-state index contributed by atoms with van der Waals surface area (Å²) in [6, 6.07) is 11.9. The van der Waals surface area contributed by atoms with Crippen molar-refractivity contribution in [2.75, 3.05) is 32.8 Å². The van der Waals surface area contributed by atoms with Gasteiger partial charge in [-0.3, -0.25) is 4.90 Å². The van der Waals surface area contributed by atoms with Gasteiger partial charge in [-0.15, -0.1) is 0 Å². The zero-order chi connectivity index (χ0) is 14.7. The van der Waals surface area contributed by atoms with Gasteiger partial charge in [-0.25, -0.2) is 0 Å². The van der Waals surface area contributed by atoms with Crippen molar-refractivity contribution in [3.63, 3.8) is 0 Å². The molecule has 2 aromatic carbocycles. The van der Waals surface area contributed by atoms with Crippen molar-refractivity contribution in [1.82, 2.24) is 10.2 Å². The Morgan fingerprint density at radius 3 is 2.48 bits per heavy atom. The van der Waals surface area contributed by atoms with Crippen molar-refractivity contribution in [3.8, 4) is 5.75 Å². The molecule has 0 saturated carbocycles. The third-order valence-corrected chi connectivity index (χ3v) is 4.29. The first-order chi connectivity index (χ1) is 10.3. The van der Waals surface area contributed by atoms with Gasteiger partial charge in [-0.1, -0.05) is 30.3 Å². The molecule has 4 nitrogen and oxygen atoms in total. The third kappa shape index (κ3) is 2.88. The van der Waals surface area contributed by atoms with Crippen molar-refractivity contribution in [1.29, 1.82) is 0 Å². The van der Waals surface area contributed by atoms with Crippen molar-refractivity contribution < 1.29 is 10.2 Å². The molecule has 4 heteroatoms. The van der Waals surface area contributed by atoms with Crippen LogP contribution in [0, 0.1) is 0 Å². The number of hydrogen-bond donors (Lipinski definition) is 3. The van der Waals surface area contributed by atoms with Crippen LogP contribution in [-0.4, -0.2) is 47.9 Å². The number of nitrogens with zero attached hydrogens (tertiary/aromatic N) is 1. The van der Waals surface area contributed by atoms with Gasteiger partial charge in [-0.05, 0) is 23.4 Å². The minimum absolute atomic E-state index is 0.170. The summed E-state index contributed by atoms with van der Waals surface area (Å²) in [6.07, 6.45) is 0.717. The maximum atomic E-state index is 10.0. The molecule has 0 aliphatic carbocycles. The molecule has 0 bridgehead atoms. The van der Waals surface area contributed by atoms with Crippen molar-refractivity contribution in [3.05, 3.63) is 42.0 Å². The second-order valence-corrected chi connectivity index (χ2v) is 5.53. The summed E-state index contributed by atoms with van der Waals surface area (Å²) in [4.78, 5) is 2.42. The zero-order valence-electron chi connectivity index (χ0n) is 12.1. The number of aliphatic hydroxyl groups excluding tert-OH is 1. The minimum atomic E-state index is 0.170. The minimum Gasteiger partial charge on any atom is -0.507 e. The van der Waals surface area contributed by atoms with Crippen LogP contribution in [0.25, 0.3) is 10.8 Å². The molecule has 1 saturated heterocycles. The number of rotatable bonds is 4. The van der Waals surface area contributed by atoms with Crippen LogP contribution in [0.5, 0.6) is 5.75 Å². The molecule has 0 unspecified atom stereocenters. The van der Waals surface area contributed by atoms with E-state index in [2.05, 4.69) is 16.3 Å². The van der Waals surface area contributed by atoms with Gasteiger partial charge < -0.3 is 15.5 Å². The predicted octanol–water partition coefficient (Wildman–Crippen LogP) is 1.87. The number of phenols is 1. The number of nitrogens with one attached hydrogen (secondary N) is 1. The first kappa shape index (κ1) is 14.3. The summed E-state index contributed by atoms with van der Waals surface area (Å²) in [7, 11) is 0. The second kappa shape index (κ2) is 6.43. The highest BCUT2D eigenvalue weighted by atomic mass is 16.3. The van der Waals surface area contributed by atoms with Gasteiger partial charge in [0.2, 0.25) is 0 Å². The monoisotopic (exact) mass is 286 g/mol. The van der Waals surface area contributed by atoms with Gasteiger partial charge in [0.05, 0.1) is 0 Å². The largest absolute Gasteiger partial charge is 0.507 e. The van der Waals surface area contributed by atoms with Crippen LogP contribution < -0.4 is 5.32 Å². The highest BCUT2D eigenvalue weighted by Crippen LogP contribution is 2.34. The smallest absolute Gasteiger partial charge is 0.123 e. The number of phenolic OH excluding ortho intramolecular Hbond substituents is 1. The molecule has 3 N–H and O–H groups in total. The Morgan fingerprint density at radius 2 is 1.76 bits per heavy atom. The van der Waals surface area contributed by atoms with E-state index in [1.807, 2.05) is 24.3 Å². The summed E-state index contributed by atoms with van der Waals surface area (Å²) in [5.41, 5.74) is 1.19. The first-order valence-electron chi connectivity index (χ1n) is 7.57. The molecule has 0 aromatic heterocycles. The lowest BCUT2D eigenvalue weighted by Crippen LogP contribution is -2.45. The molecule has 1 aliphatic heterocycles. The fourth-order valence-corrected chi connectivity index (χ4v) is 3.25. The summed E-state index contributed by atoms with van der Waals surface area (Å²) < 4.78 is 0. The Hall–Kier alpha value is -1.62. The average molecular weight is 286 g/mol. The van der Waals surface area contributed by atoms with Gasteiger partial charge in [0.25, 0.3) is 0 Å². The number of fused-ring (bicyclic) bond motifs is 1. The van der Waals surface area contributed by atoms with E-state index >= 15 is 0 Å². The zero-order valence-corrected chi connectivity index (χ0v) is 12.1. The third-order valence-electron chi connectivity index (χ3n) is 4.29. The maximum Gasteiger partial charge on any atom is 0.123 e.